The number of anilines is 1. The molecule has 26 heavy (non-hydrogen) atoms. The van der Waals surface area contributed by atoms with Gasteiger partial charge in [0.2, 0.25) is 5.91 Å². The van der Waals surface area contributed by atoms with E-state index < -0.39 is 17.8 Å². The number of ether oxygens (including phenoxy) is 1. The Hall–Kier alpha value is -2.39. The normalized spacial score (nSPS) is 10.6. The number of thiophene rings is 1. The van der Waals surface area contributed by atoms with Crippen molar-refractivity contribution in [3.63, 3.8) is 0 Å². The summed E-state index contributed by atoms with van der Waals surface area (Å²) in [5.41, 5.74) is 6.48. The Morgan fingerprint density at radius 1 is 1.38 bits per heavy atom. The minimum atomic E-state index is -0.674. The van der Waals surface area contributed by atoms with Gasteiger partial charge in [0.1, 0.15) is 11.5 Å². The Balaban J connectivity index is 2.26. The number of halogens is 1. The van der Waals surface area contributed by atoms with Gasteiger partial charge < -0.3 is 15.8 Å². The number of nitrogens with zero attached hydrogens (tertiary/aromatic N) is 2. The van der Waals surface area contributed by atoms with Gasteiger partial charge in [0, 0.05) is 6.20 Å². The molecule has 0 saturated carbocycles. The number of aromatic nitrogens is 2. The number of hydrogen-bond donors (Lipinski definition) is 2. The monoisotopic (exact) mass is 398 g/mol. The summed E-state index contributed by atoms with van der Waals surface area (Å²) in [7, 11) is 0. The highest BCUT2D eigenvalue weighted by molar-refractivity contribution is 7.18. The molecule has 2 rings (SSSR count). The molecule has 0 radical (unpaired) electrons. The van der Waals surface area contributed by atoms with E-state index in [0.717, 1.165) is 11.3 Å². The van der Waals surface area contributed by atoms with Crippen LogP contribution in [0.25, 0.3) is 0 Å². The first kappa shape index (κ1) is 19.9. The molecule has 0 bridgehead atoms. The molecule has 0 aliphatic rings. The largest absolute Gasteiger partial charge is 0.462 e. The number of primary amides is 1. The smallest absolute Gasteiger partial charge is 0.341 e. The van der Waals surface area contributed by atoms with E-state index in [-0.39, 0.29) is 28.6 Å². The maximum atomic E-state index is 12.3. The summed E-state index contributed by atoms with van der Waals surface area (Å²) in [6.45, 7) is 5.31. The maximum Gasteiger partial charge on any atom is 0.341 e. The lowest BCUT2D eigenvalue weighted by Crippen LogP contribution is -2.20. The Morgan fingerprint density at radius 3 is 2.62 bits per heavy atom. The minimum absolute atomic E-state index is 0.0974. The van der Waals surface area contributed by atoms with Crippen molar-refractivity contribution in [1.82, 2.24) is 9.78 Å². The Bertz CT molecular complexity index is 839. The summed E-state index contributed by atoms with van der Waals surface area (Å²) in [6, 6.07) is 0. The summed E-state index contributed by atoms with van der Waals surface area (Å²) >= 11 is 6.86. The van der Waals surface area contributed by atoms with Gasteiger partial charge in [-0.1, -0.05) is 18.5 Å². The molecule has 0 atom stereocenters. The number of amides is 2. The average Bonchev–Trinajstić information content (AvgIpc) is 3.04. The molecule has 2 aromatic rings. The van der Waals surface area contributed by atoms with Crippen LogP contribution in [-0.4, -0.2) is 34.2 Å². The topological polar surface area (TPSA) is 116 Å². The molecule has 2 amide bonds. The molecule has 2 aromatic heterocycles. The minimum Gasteiger partial charge on any atom is -0.462 e. The molecule has 0 fully saturated rings. The second-order valence-electron chi connectivity index (χ2n) is 5.57. The summed E-state index contributed by atoms with van der Waals surface area (Å²) in [5.74, 6) is -1.71. The summed E-state index contributed by atoms with van der Waals surface area (Å²) in [6.07, 6.45) is 2.18. The molecule has 0 aromatic carbocycles. The zero-order chi connectivity index (χ0) is 19.4. The van der Waals surface area contributed by atoms with Crippen molar-refractivity contribution in [1.29, 1.82) is 0 Å². The molecular formula is C16H19ClN4O4S. The number of rotatable bonds is 7. The van der Waals surface area contributed by atoms with Crippen LogP contribution in [0.15, 0.2) is 6.20 Å². The van der Waals surface area contributed by atoms with Crippen molar-refractivity contribution in [3.8, 4) is 0 Å². The average molecular weight is 399 g/mol. The molecule has 0 saturated heterocycles. The first-order valence-electron chi connectivity index (χ1n) is 7.84. The van der Waals surface area contributed by atoms with Gasteiger partial charge in [-0.15, -0.1) is 11.3 Å². The highest BCUT2D eigenvalue weighted by Crippen LogP contribution is 2.33. The molecule has 0 spiro atoms. The summed E-state index contributed by atoms with van der Waals surface area (Å²) in [5, 5.41) is 7.40. The number of nitrogens with two attached hydrogens (primary N) is 1. The highest BCUT2D eigenvalue weighted by Gasteiger charge is 2.25. The SMILES string of the molecule is CCCOC(=O)c1c(NC(=O)Cn2cc(Cl)c(C)n2)sc(C(N)=O)c1C. The number of nitrogens with one attached hydrogen (secondary N) is 1. The standard InChI is InChI=1S/C16H19ClN4O4S/c1-4-5-25-16(24)12-8(2)13(14(18)23)26-15(12)19-11(22)7-21-6-10(17)9(3)20-21/h6H,4-5,7H2,1-3H3,(H2,18,23)(H,19,22). The van der Waals surface area contributed by atoms with E-state index in [2.05, 4.69) is 10.4 Å². The fourth-order valence-corrected chi connectivity index (χ4v) is 3.45. The second kappa shape index (κ2) is 8.33. The third kappa shape index (κ3) is 4.41. The van der Waals surface area contributed by atoms with Crippen LogP contribution in [0.5, 0.6) is 0 Å². The van der Waals surface area contributed by atoms with E-state index >= 15 is 0 Å². The van der Waals surface area contributed by atoms with Gasteiger partial charge in [-0.25, -0.2) is 4.79 Å². The molecular weight excluding hydrogens is 380 g/mol. The van der Waals surface area contributed by atoms with E-state index in [0.29, 0.717) is 22.7 Å². The van der Waals surface area contributed by atoms with Crippen LogP contribution in [0.2, 0.25) is 5.02 Å². The molecule has 8 nitrogen and oxygen atoms in total. The van der Waals surface area contributed by atoms with Crippen molar-refractivity contribution in [2.24, 2.45) is 5.73 Å². The number of carbonyl (C=O) groups excluding carboxylic acids is 3. The predicted octanol–water partition coefficient (Wildman–Crippen LogP) is 2.52. The van der Waals surface area contributed by atoms with Crippen LogP contribution < -0.4 is 11.1 Å². The van der Waals surface area contributed by atoms with Crippen LogP contribution in [-0.2, 0) is 16.1 Å². The van der Waals surface area contributed by atoms with Crippen molar-refractivity contribution < 1.29 is 19.1 Å². The van der Waals surface area contributed by atoms with Crippen LogP contribution in [0.1, 0.15) is 44.6 Å². The van der Waals surface area contributed by atoms with E-state index in [1.807, 2.05) is 6.92 Å². The Morgan fingerprint density at radius 2 is 2.08 bits per heavy atom. The van der Waals surface area contributed by atoms with Crippen LogP contribution in [0.4, 0.5) is 5.00 Å². The first-order chi connectivity index (χ1) is 12.2. The van der Waals surface area contributed by atoms with Crippen molar-refractivity contribution in [2.75, 3.05) is 11.9 Å². The number of hydrogen-bond acceptors (Lipinski definition) is 6. The van der Waals surface area contributed by atoms with Crippen molar-refractivity contribution in [2.45, 2.75) is 33.7 Å². The second-order valence-corrected chi connectivity index (χ2v) is 7.00. The van der Waals surface area contributed by atoms with Gasteiger partial charge in [-0.3, -0.25) is 14.3 Å². The number of aryl methyl sites for hydroxylation is 1. The Labute approximate surface area is 159 Å². The van der Waals surface area contributed by atoms with Crippen molar-refractivity contribution >= 4 is 45.7 Å². The van der Waals surface area contributed by atoms with Gasteiger partial charge in [-0.2, -0.15) is 5.10 Å². The molecule has 140 valence electrons. The fraction of sp³-hybridized carbons (Fsp3) is 0.375. The maximum absolute atomic E-state index is 12.3. The molecule has 3 N–H and O–H groups in total. The lowest BCUT2D eigenvalue weighted by atomic mass is 10.1. The fourth-order valence-electron chi connectivity index (χ4n) is 2.24. The predicted molar refractivity (Wildman–Crippen MR) is 98.8 cm³/mol. The van der Waals surface area contributed by atoms with Gasteiger partial charge in [0.05, 0.1) is 27.8 Å². The Kier molecular flexibility index (Phi) is 6.38. The lowest BCUT2D eigenvalue weighted by molar-refractivity contribution is -0.116. The number of carbonyl (C=O) groups is 3. The third-order valence-corrected chi connectivity index (χ3v) is 5.05. The zero-order valence-electron chi connectivity index (χ0n) is 14.6. The van der Waals surface area contributed by atoms with Gasteiger partial charge >= 0.3 is 5.97 Å². The van der Waals surface area contributed by atoms with Crippen LogP contribution >= 0.6 is 22.9 Å². The van der Waals surface area contributed by atoms with Crippen molar-refractivity contribution in [3.05, 3.63) is 32.9 Å². The third-order valence-electron chi connectivity index (χ3n) is 3.46. The van der Waals surface area contributed by atoms with E-state index in [1.165, 1.54) is 10.9 Å². The quantitative estimate of drug-likeness (QED) is 0.695. The van der Waals surface area contributed by atoms with Crippen LogP contribution in [0.3, 0.4) is 0 Å². The van der Waals surface area contributed by atoms with E-state index in [4.69, 9.17) is 22.1 Å². The summed E-state index contributed by atoms with van der Waals surface area (Å²) in [4.78, 5) is 36.4. The van der Waals surface area contributed by atoms with E-state index in [1.54, 1.807) is 13.8 Å². The molecule has 0 aliphatic carbocycles. The number of esters is 1. The summed E-state index contributed by atoms with van der Waals surface area (Å²) < 4.78 is 6.53. The first-order valence-corrected chi connectivity index (χ1v) is 9.03. The van der Waals surface area contributed by atoms with Gasteiger partial charge in [0.25, 0.3) is 5.91 Å². The molecule has 10 heteroatoms. The molecule has 0 unspecified atom stereocenters. The highest BCUT2D eigenvalue weighted by atomic mass is 35.5. The van der Waals surface area contributed by atoms with E-state index in [9.17, 15) is 14.4 Å². The van der Waals surface area contributed by atoms with Crippen LogP contribution in [0, 0.1) is 13.8 Å². The van der Waals surface area contributed by atoms with Gasteiger partial charge in [-0.05, 0) is 25.8 Å². The van der Waals surface area contributed by atoms with Gasteiger partial charge in [0.15, 0.2) is 0 Å². The zero-order valence-corrected chi connectivity index (χ0v) is 16.2. The molecule has 0 aliphatic heterocycles. The lowest BCUT2D eigenvalue weighted by Gasteiger charge is -2.08. The molecule has 2 heterocycles.